The summed E-state index contributed by atoms with van der Waals surface area (Å²) in [7, 11) is 0. The molecule has 0 aromatic rings. The van der Waals surface area contributed by atoms with Crippen molar-refractivity contribution >= 4 is 18.0 Å². The van der Waals surface area contributed by atoms with Crippen molar-refractivity contribution in [1.29, 1.82) is 0 Å². The van der Waals surface area contributed by atoms with Gasteiger partial charge in [0.25, 0.3) is 0 Å². The number of rotatable bonds is 7. The topological polar surface area (TPSA) is 105 Å². The average Bonchev–Trinajstić information content (AvgIpc) is 2.29. The Morgan fingerprint density at radius 3 is 2.19 bits per heavy atom. The summed E-state index contributed by atoms with van der Waals surface area (Å²) in [5, 5.41) is 14.0. The molecule has 0 heterocycles. The minimum atomic E-state index is -1.08. The zero-order valence-electron chi connectivity index (χ0n) is 13.4. The Labute approximate surface area is 125 Å². The third-order valence-electron chi connectivity index (χ3n) is 2.48. The van der Waals surface area contributed by atoms with E-state index in [1.807, 2.05) is 0 Å². The predicted octanol–water partition coefficient (Wildman–Crippen LogP) is 1.52. The second kappa shape index (κ2) is 8.49. The lowest BCUT2D eigenvalue weighted by atomic mass is 10.1. The molecule has 0 saturated heterocycles. The standard InChI is InChI=1S/C14H26N2O5/c1-9(2)11(17)16-10(12(18)19)7-6-8-15-13(20)21-14(3,4)5/h9-10H,6-8H2,1-5H3,(H,15,20)(H,16,17)(H,18,19)/t10-/m0/s1. The van der Waals surface area contributed by atoms with Crippen molar-refractivity contribution in [2.75, 3.05) is 6.54 Å². The van der Waals surface area contributed by atoms with Crippen molar-refractivity contribution < 1.29 is 24.2 Å². The average molecular weight is 302 g/mol. The lowest BCUT2D eigenvalue weighted by molar-refractivity contribution is -0.142. The summed E-state index contributed by atoms with van der Waals surface area (Å²) in [6.45, 7) is 8.95. The first-order valence-corrected chi connectivity index (χ1v) is 7.03. The Kier molecular flexibility index (Phi) is 7.76. The molecule has 0 fully saturated rings. The molecule has 0 bridgehead atoms. The smallest absolute Gasteiger partial charge is 0.407 e. The van der Waals surface area contributed by atoms with Gasteiger partial charge in [0.05, 0.1) is 0 Å². The summed E-state index contributed by atoms with van der Waals surface area (Å²) in [5.74, 6) is -1.66. The molecule has 0 unspecified atom stereocenters. The summed E-state index contributed by atoms with van der Waals surface area (Å²) < 4.78 is 5.05. The number of ether oxygens (including phenoxy) is 1. The van der Waals surface area contributed by atoms with Crippen LogP contribution in [0.25, 0.3) is 0 Å². The lowest BCUT2D eigenvalue weighted by Crippen LogP contribution is -2.43. The molecule has 2 amide bonds. The van der Waals surface area contributed by atoms with Crippen molar-refractivity contribution in [3.63, 3.8) is 0 Å². The number of carbonyl (C=O) groups excluding carboxylic acids is 2. The third-order valence-corrected chi connectivity index (χ3v) is 2.48. The van der Waals surface area contributed by atoms with Gasteiger partial charge >= 0.3 is 12.1 Å². The van der Waals surface area contributed by atoms with Crippen LogP contribution in [0.2, 0.25) is 0 Å². The molecule has 0 aliphatic heterocycles. The second-order valence-electron chi connectivity index (χ2n) is 6.13. The summed E-state index contributed by atoms with van der Waals surface area (Å²) in [4.78, 5) is 33.9. The van der Waals surface area contributed by atoms with E-state index in [1.165, 1.54) is 0 Å². The highest BCUT2D eigenvalue weighted by Crippen LogP contribution is 2.06. The van der Waals surface area contributed by atoms with Gasteiger partial charge in [-0.1, -0.05) is 13.8 Å². The van der Waals surface area contributed by atoms with Crippen LogP contribution in [0, 0.1) is 5.92 Å². The fourth-order valence-corrected chi connectivity index (χ4v) is 1.41. The molecule has 0 aliphatic carbocycles. The van der Waals surface area contributed by atoms with Crippen LogP contribution in [0.1, 0.15) is 47.5 Å². The van der Waals surface area contributed by atoms with E-state index < -0.39 is 23.7 Å². The van der Waals surface area contributed by atoms with E-state index in [0.717, 1.165) is 0 Å². The number of nitrogens with one attached hydrogen (secondary N) is 2. The Morgan fingerprint density at radius 2 is 1.76 bits per heavy atom. The van der Waals surface area contributed by atoms with Gasteiger partial charge in [-0.15, -0.1) is 0 Å². The maximum Gasteiger partial charge on any atom is 0.407 e. The first kappa shape index (κ1) is 19.2. The Bertz CT molecular complexity index is 374. The summed E-state index contributed by atoms with van der Waals surface area (Å²) in [5.41, 5.74) is -0.571. The molecule has 0 aromatic heterocycles. The lowest BCUT2D eigenvalue weighted by Gasteiger charge is -2.20. The van der Waals surface area contributed by atoms with Gasteiger partial charge in [-0.2, -0.15) is 0 Å². The minimum absolute atomic E-state index is 0.240. The van der Waals surface area contributed by atoms with E-state index in [0.29, 0.717) is 6.42 Å². The van der Waals surface area contributed by atoms with Crippen LogP contribution in [0.3, 0.4) is 0 Å². The summed E-state index contributed by atoms with van der Waals surface area (Å²) in [6.07, 6.45) is 0.124. The molecule has 7 nitrogen and oxygen atoms in total. The van der Waals surface area contributed by atoms with Crippen LogP contribution in [0.5, 0.6) is 0 Å². The maximum atomic E-state index is 11.5. The molecule has 0 aliphatic rings. The van der Waals surface area contributed by atoms with Gasteiger partial charge in [0.2, 0.25) is 5.91 Å². The molecule has 0 radical (unpaired) electrons. The molecule has 7 heteroatoms. The minimum Gasteiger partial charge on any atom is -0.480 e. The number of carbonyl (C=O) groups is 3. The quantitative estimate of drug-likeness (QED) is 0.618. The van der Waals surface area contributed by atoms with Gasteiger partial charge < -0.3 is 20.5 Å². The highest BCUT2D eigenvalue weighted by molar-refractivity contribution is 5.84. The van der Waals surface area contributed by atoms with Gasteiger partial charge in [0.1, 0.15) is 11.6 Å². The van der Waals surface area contributed by atoms with Crippen LogP contribution in [0.4, 0.5) is 4.79 Å². The van der Waals surface area contributed by atoms with Crippen molar-refractivity contribution in [3.8, 4) is 0 Å². The molecule has 122 valence electrons. The fourth-order valence-electron chi connectivity index (χ4n) is 1.41. The molecule has 3 N–H and O–H groups in total. The summed E-state index contributed by atoms with van der Waals surface area (Å²) >= 11 is 0. The number of alkyl carbamates (subject to hydrolysis) is 1. The van der Waals surface area contributed by atoms with Crippen molar-refractivity contribution in [2.24, 2.45) is 5.92 Å². The molecule has 0 saturated carbocycles. The zero-order chi connectivity index (χ0) is 16.6. The molecule has 0 spiro atoms. The first-order chi connectivity index (χ1) is 9.53. The molecule has 0 aromatic carbocycles. The molecular formula is C14H26N2O5. The first-order valence-electron chi connectivity index (χ1n) is 7.03. The number of aliphatic carboxylic acids is 1. The molecule has 1 atom stereocenters. The number of carboxylic acids is 1. The van der Waals surface area contributed by atoms with Crippen molar-refractivity contribution in [1.82, 2.24) is 10.6 Å². The number of hydrogen-bond acceptors (Lipinski definition) is 4. The van der Waals surface area contributed by atoms with E-state index >= 15 is 0 Å². The molecule has 0 rings (SSSR count). The van der Waals surface area contributed by atoms with Gasteiger partial charge in [-0.25, -0.2) is 9.59 Å². The van der Waals surface area contributed by atoms with Crippen LogP contribution in [0.15, 0.2) is 0 Å². The maximum absolute atomic E-state index is 11.5. The second-order valence-corrected chi connectivity index (χ2v) is 6.13. The Balaban J connectivity index is 4.08. The summed E-state index contributed by atoms with van der Waals surface area (Å²) in [6, 6.07) is -0.944. The van der Waals surface area contributed by atoms with Crippen LogP contribution in [-0.4, -0.2) is 41.3 Å². The SMILES string of the molecule is CC(C)C(=O)N[C@@H](CCCNC(=O)OC(C)(C)C)C(=O)O. The number of hydrogen-bond donors (Lipinski definition) is 3. The molecule has 21 heavy (non-hydrogen) atoms. The molecular weight excluding hydrogens is 276 g/mol. The van der Waals surface area contributed by atoms with E-state index in [9.17, 15) is 14.4 Å². The Hall–Kier alpha value is -1.79. The zero-order valence-corrected chi connectivity index (χ0v) is 13.4. The predicted molar refractivity (Wildman–Crippen MR) is 77.9 cm³/mol. The normalized spacial score (nSPS) is 12.7. The van der Waals surface area contributed by atoms with E-state index in [2.05, 4.69) is 10.6 Å². The van der Waals surface area contributed by atoms with Gasteiger partial charge in [-0.05, 0) is 33.6 Å². The highest BCUT2D eigenvalue weighted by Gasteiger charge is 2.21. The number of amides is 2. The number of carboxylic acid groups (broad SMARTS) is 1. The third kappa shape index (κ3) is 9.70. The Morgan fingerprint density at radius 1 is 1.19 bits per heavy atom. The highest BCUT2D eigenvalue weighted by atomic mass is 16.6. The van der Waals surface area contributed by atoms with E-state index in [1.54, 1.807) is 34.6 Å². The fraction of sp³-hybridized carbons (Fsp3) is 0.786. The monoisotopic (exact) mass is 302 g/mol. The van der Waals surface area contributed by atoms with Gasteiger partial charge in [0.15, 0.2) is 0 Å². The van der Waals surface area contributed by atoms with Crippen LogP contribution in [-0.2, 0) is 14.3 Å². The van der Waals surface area contributed by atoms with Gasteiger partial charge in [0, 0.05) is 12.5 Å². The van der Waals surface area contributed by atoms with Crippen molar-refractivity contribution in [3.05, 3.63) is 0 Å². The van der Waals surface area contributed by atoms with Crippen LogP contribution < -0.4 is 10.6 Å². The van der Waals surface area contributed by atoms with Crippen molar-refractivity contribution in [2.45, 2.75) is 59.1 Å². The van der Waals surface area contributed by atoms with Crippen LogP contribution >= 0.6 is 0 Å². The van der Waals surface area contributed by atoms with E-state index in [-0.39, 0.29) is 24.8 Å². The van der Waals surface area contributed by atoms with Gasteiger partial charge in [-0.3, -0.25) is 4.79 Å². The van der Waals surface area contributed by atoms with E-state index in [4.69, 9.17) is 9.84 Å². The largest absolute Gasteiger partial charge is 0.480 e.